The van der Waals surface area contributed by atoms with E-state index in [1.54, 1.807) is 7.05 Å². The Balaban J connectivity index is 2.60. The van der Waals surface area contributed by atoms with E-state index in [1.807, 2.05) is 4.90 Å². The van der Waals surface area contributed by atoms with Crippen molar-refractivity contribution in [2.24, 2.45) is 11.5 Å². The van der Waals surface area contributed by atoms with Crippen LogP contribution in [0.1, 0.15) is 19.3 Å². The maximum atomic E-state index is 11.6. The molecule has 6 heteroatoms. The molecule has 16 heavy (non-hydrogen) atoms. The standard InChI is InChI=1S/C10H20N4O2/c1-13-10(16)8-4-2-3-5-14(8)6-7(11)9(12)15/h7-8H,2-6,11H2,1H3,(H2,12,15)(H,13,16). The smallest absolute Gasteiger partial charge is 0.237 e. The third-order valence-corrected chi connectivity index (χ3v) is 2.96. The Morgan fingerprint density at radius 3 is 2.75 bits per heavy atom. The van der Waals surface area contributed by atoms with Gasteiger partial charge in [0.1, 0.15) is 0 Å². The van der Waals surface area contributed by atoms with Crippen LogP contribution in [0.2, 0.25) is 0 Å². The highest BCUT2D eigenvalue weighted by Crippen LogP contribution is 2.17. The molecule has 2 amide bonds. The molecule has 0 bridgehead atoms. The molecule has 1 heterocycles. The summed E-state index contributed by atoms with van der Waals surface area (Å²) in [4.78, 5) is 24.5. The zero-order valence-corrected chi connectivity index (χ0v) is 9.61. The molecule has 2 atom stereocenters. The van der Waals surface area contributed by atoms with Crippen LogP contribution in [0.3, 0.4) is 0 Å². The first-order valence-electron chi connectivity index (χ1n) is 5.56. The Labute approximate surface area is 95.3 Å². The molecule has 0 spiro atoms. The summed E-state index contributed by atoms with van der Waals surface area (Å²) in [7, 11) is 1.61. The Morgan fingerprint density at radius 1 is 1.50 bits per heavy atom. The number of primary amides is 1. The number of piperidine rings is 1. The van der Waals surface area contributed by atoms with Gasteiger partial charge in [0.15, 0.2) is 0 Å². The number of nitrogens with one attached hydrogen (secondary N) is 1. The van der Waals surface area contributed by atoms with E-state index in [4.69, 9.17) is 11.5 Å². The van der Waals surface area contributed by atoms with Crippen molar-refractivity contribution in [3.05, 3.63) is 0 Å². The van der Waals surface area contributed by atoms with Crippen molar-refractivity contribution in [2.45, 2.75) is 31.3 Å². The van der Waals surface area contributed by atoms with E-state index in [0.29, 0.717) is 6.54 Å². The highest BCUT2D eigenvalue weighted by molar-refractivity contribution is 5.82. The lowest BCUT2D eigenvalue weighted by Gasteiger charge is -2.35. The van der Waals surface area contributed by atoms with Crippen molar-refractivity contribution >= 4 is 11.8 Å². The van der Waals surface area contributed by atoms with Crippen LogP contribution in [0.4, 0.5) is 0 Å². The summed E-state index contributed by atoms with van der Waals surface area (Å²) in [5.74, 6) is -0.544. The molecule has 1 aliphatic heterocycles. The van der Waals surface area contributed by atoms with Crippen molar-refractivity contribution in [1.82, 2.24) is 10.2 Å². The van der Waals surface area contributed by atoms with Crippen molar-refractivity contribution in [3.63, 3.8) is 0 Å². The predicted octanol–water partition coefficient (Wildman–Crippen LogP) is -1.60. The van der Waals surface area contributed by atoms with Gasteiger partial charge in [0.25, 0.3) is 0 Å². The molecule has 0 aliphatic carbocycles. The van der Waals surface area contributed by atoms with Gasteiger partial charge in [0.05, 0.1) is 12.1 Å². The zero-order chi connectivity index (χ0) is 12.1. The van der Waals surface area contributed by atoms with Crippen LogP contribution in [-0.4, -0.2) is 48.9 Å². The fourth-order valence-electron chi connectivity index (χ4n) is 2.02. The van der Waals surface area contributed by atoms with Crippen LogP contribution in [0.25, 0.3) is 0 Å². The average Bonchev–Trinajstić information content (AvgIpc) is 2.28. The van der Waals surface area contributed by atoms with Crippen molar-refractivity contribution in [2.75, 3.05) is 20.1 Å². The molecule has 92 valence electrons. The number of nitrogens with zero attached hydrogens (tertiary/aromatic N) is 1. The van der Waals surface area contributed by atoms with Crippen molar-refractivity contribution in [3.8, 4) is 0 Å². The number of carbonyl (C=O) groups is 2. The van der Waals surface area contributed by atoms with Gasteiger partial charge in [-0.3, -0.25) is 14.5 Å². The van der Waals surface area contributed by atoms with E-state index in [9.17, 15) is 9.59 Å². The molecule has 0 aromatic rings. The molecule has 2 unspecified atom stereocenters. The van der Waals surface area contributed by atoms with Crippen LogP contribution < -0.4 is 16.8 Å². The van der Waals surface area contributed by atoms with E-state index in [-0.39, 0.29) is 11.9 Å². The highest BCUT2D eigenvalue weighted by Gasteiger charge is 2.29. The van der Waals surface area contributed by atoms with Gasteiger partial charge in [0.2, 0.25) is 11.8 Å². The second-order valence-electron chi connectivity index (χ2n) is 4.13. The fraction of sp³-hybridized carbons (Fsp3) is 0.800. The van der Waals surface area contributed by atoms with Gasteiger partial charge in [-0.2, -0.15) is 0 Å². The number of nitrogens with two attached hydrogens (primary N) is 2. The van der Waals surface area contributed by atoms with Gasteiger partial charge in [-0.15, -0.1) is 0 Å². The van der Waals surface area contributed by atoms with E-state index in [1.165, 1.54) is 0 Å². The van der Waals surface area contributed by atoms with Crippen LogP contribution >= 0.6 is 0 Å². The first-order valence-corrected chi connectivity index (χ1v) is 5.56. The zero-order valence-electron chi connectivity index (χ0n) is 9.61. The summed E-state index contributed by atoms with van der Waals surface area (Å²) < 4.78 is 0. The first-order chi connectivity index (χ1) is 7.56. The highest BCUT2D eigenvalue weighted by atomic mass is 16.2. The molecular weight excluding hydrogens is 208 g/mol. The Hall–Kier alpha value is -1.14. The number of likely N-dealkylation sites (N-methyl/N-ethyl adjacent to an activating group) is 1. The number of hydrogen-bond acceptors (Lipinski definition) is 4. The van der Waals surface area contributed by atoms with Crippen molar-refractivity contribution in [1.29, 1.82) is 0 Å². The summed E-state index contributed by atoms with van der Waals surface area (Å²) in [6.07, 6.45) is 2.87. The van der Waals surface area contributed by atoms with E-state index in [2.05, 4.69) is 5.32 Å². The molecule has 1 aliphatic rings. The Morgan fingerprint density at radius 2 is 2.19 bits per heavy atom. The van der Waals surface area contributed by atoms with Gasteiger partial charge < -0.3 is 16.8 Å². The summed E-state index contributed by atoms with van der Waals surface area (Å²) >= 11 is 0. The largest absolute Gasteiger partial charge is 0.368 e. The van der Waals surface area contributed by atoms with E-state index in [0.717, 1.165) is 25.8 Å². The van der Waals surface area contributed by atoms with Crippen LogP contribution in [-0.2, 0) is 9.59 Å². The number of likely N-dealkylation sites (tertiary alicyclic amines) is 1. The fourth-order valence-corrected chi connectivity index (χ4v) is 2.02. The SMILES string of the molecule is CNC(=O)C1CCCCN1CC(N)C(N)=O. The molecule has 1 saturated heterocycles. The summed E-state index contributed by atoms with van der Waals surface area (Å²) in [6.45, 7) is 1.15. The van der Waals surface area contributed by atoms with Gasteiger partial charge in [-0.05, 0) is 19.4 Å². The lowest BCUT2D eigenvalue weighted by atomic mass is 10.0. The second-order valence-corrected chi connectivity index (χ2v) is 4.13. The maximum Gasteiger partial charge on any atom is 0.237 e. The van der Waals surface area contributed by atoms with Gasteiger partial charge in [-0.25, -0.2) is 0 Å². The number of hydrogen-bond donors (Lipinski definition) is 3. The third kappa shape index (κ3) is 3.18. The molecule has 1 rings (SSSR count). The summed E-state index contributed by atoms with van der Waals surface area (Å²) in [5.41, 5.74) is 10.7. The topological polar surface area (TPSA) is 101 Å². The molecule has 5 N–H and O–H groups in total. The normalized spacial score (nSPS) is 23.8. The maximum absolute atomic E-state index is 11.6. The van der Waals surface area contributed by atoms with Crippen molar-refractivity contribution < 1.29 is 9.59 Å². The van der Waals surface area contributed by atoms with Crippen LogP contribution in [0.5, 0.6) is 0 Å². The molecule has 0 aromatic carbocycles. The van der Waals surface area contributed by atoms with Crippen LogP contribution in [0, 0.1) is 0 Å². The number of rotatable bonds is 4. The predicted molar refractivity (Wildman–Crippen MR) is 60.4 cm³/mol. The number of amides is 2. The minimum atomic E-state index is -0.703. The minimum Gasteiger partial charge on any atom is -0.368 e. The Bertz CT molecular complexity index is 270. The third-order valence-electron chi connectivity index (χ3n) is 2.96. The minimum absolute atomic E-state index is 0.0172. The van der Waals surface area contributed by atoms with Gasteiger partial charge in [0, 0.05) is 13.6 Å². The van der Waals surface area contributed by atoms with E-state index >= 15 is 0 Å². The molecular formula is C10H20N4O2. The lowest BCUT2D eigenvalue weighted by Crippen LogP contribution is -2.54. The van der Waals surface area contributed by atoms with E-state index < -0.39 is 11.9 Å². The quantitative estimate of drug-likeness (QED) is 0.539. The molecule has 6 nitrogen and oxygen atoms in total. The average molecular weight is 228 g/mol. The molecule has 0 aromatic heterocycles. The van der Waals surface area contributed by atoms with Gasteiger partial charge in [-0.1, -0.05) is 6.42 Å². The van der Waals surface area contributed by atoms with Crippen LogP contribution in [0.15, 0.2) is 0 Å². The second kappa shape index (κ2) is 5.81. The summed E-state index contributed by atoms with van der Waals surface area (Å²) in [6, 6.07) is -0.880. The molecule has 0 radical (unpaired) electrons. The monoisotopic (exact) mass is 228 g/mol. The Kier molecular flexibility index (Phi) is 4.70. The molecule has 1 fully saturated rings. The number of carbonyl (C=O) groups excluding carboxylic acids is 2. The first kappa shape index (κ1) is 12.9. The summed E-state index contributed by atoms with van der Waals surface area (Å²) in [5, 5.41) is 2.63. The molecule has 0 saturated carbocycles. The van der Waals surface area contributed by atoms with Gasteiger partial charge >= 0.3 is 0 Å². The lowest BCUT2D eigenvalue weighted by molar-refractivity contribution is -0.128.